The lowest BCUT2D eigenvalue weighted by Crippen LogP contribution is -2.42. The molecule has 0 saturated carbocycles. The third-order valence-electron chi connectivity index (χ3n) is 3.75. The van der Waals surface area contributed by atoms with Crippen LogP contribution in [-0.4, -0.2) is 29.4 Å². The molecule has 0 amide bonds. The normalized spacial score (nSPS) is 26.1. The lowest BCUT2D eigenvalue weighted by Gasteiger charge is -2.21. The van der Waals surface area contributed by atoms with E-state index in [-0.39, 0.29) is 6.04 Å². The molecule has 3 rings (SSSR count). The molecular formula is C14H16ClN3O2. The molecule has 1 aromatic heterocycles. The van der Waals surface area contributed by atoms with E-state index in [4.69, 9.17) is 26.6 Å². The van der Waals surface area contributed by atoms with Gasteiger partial charge in [0.1, 0.15) is 0 Å². The van der Waals surface area contributed by atoms with Crippen LogP contribution in [0.3, 0.4) is 0 Å². The Labute approximate surface area is 122 Å². The zero-order chi connectivity index (χ0) is 14.2. The second-order valence-electron chi connectivity index (χ2n) is 5.36. The fraction of sp³-hybridized carbons (Fsp3) is 0.429. The van der Waals surface area contributed by atoms with Crippen LogP contribution < -0.4 is 5.73 Å². The van der Waals surface area contributed by atoms with Gasteiger partial charge in [-0.2, -0.15) is 4.98 Å². The molecule has 1 aromatic carbocycles. The van der Waals surface area contributed by atoms with E-state index in [1.807, 2.05) is 31.2 Å². The highest BCUT2D eigenvalue weighted by molar-refractivity contribution is 6.30. The molecule has 0 radical (unpaired) electrons. The molecule has 2 aromatic rings. The van der Waals surface area contributed by atoms with E-state index in [0.29, 0.717) is 36.4 Å². The van der Waals surface area contributed by atoms with E-state index in [0.717, 1.165) is 5.56 Å². The summed E-state index contributed by atoms with van der Waals surface area (Å²) in [5.41, 5.74) is 6.74. The van der Waals surface area contributed by atoms with Crippen LogP contribution in [0.4, 0.5) is 0 Å². The van der Waals surface area contributed by atoms with Crippen molar-refractivity contribution in [2.24, 2.45) is 5.73 Å². The second-order valence-corrected chi connectivity index (χ2v) is 5.79. The van der Waals surface area contributed by atoms with Gasteiger partial charge in [-0.3, -0.25) is 0 Å². The lowest BCUT2D eigenvalue weighted by molar-refractivity contribution is 0.169. The van der Waals surface area contributed by atoms with Crippen LogP contribution in [0, 0.1) is 0 Å². The first-order valence-electron chi connectivity index (χ1n) is 6.49. The summed E-state index contributed by atoms with van der Waals surface area (Å²) in [6, 6.07) is 7.47. The zero-order valence-corrected chi connectivity index (χ0v) is 11.9. The van der Waals surface area contributed by atoms with Gasteiger partial charge in [-0.25, -0.2) is 0 Å². The first kappa shape index (κ1) is 13.5. The summed E-state index contributed by atoms with van der Waals surface area (Å²) in [4.78, 5) is 4.46. The van der Waals surface area contributed by atoms with E-state index < -0.39 is 5.41 Å². The first-order chi connectivity index (χ1) is 9.58. The highest BCUT2D eigenvalue weighted by Gasteiger charge is 2.44. The third kappa shape index (κ3) is 2.44. The Morgan fingerprint density at radius 3 is 2.80 bits per heavy atom. The van der Waals surface area contributed by atoms with Gasteiger partial charge in [0.05, 0.1) is 18.6 Å². The molecule has 2 N–H and O–H groups in total. The van der Waals surface area contributed by atoms with Crippen molar-refractivity contribution in [1.82, 2.24) is 10.1 Å². The second kappa shape index (κ2) is 5.16. The number of nitrogens with two attached hydrogens (primary N) is 1. The number of rotatable bonds is 3. The minimum absolute atomic E-state index is 0.119. The summed E-state index contributed by atoms with van der Waals surface area (Å²) in [5, 5.41) is 4.74. The Balaban J connectivity index is 1.78. The largest absolute Gasteiger partial charge is 0.379 e. The fourth-order valence-corrected chi connectivity index (χ4v) is 2.38. The van der Waals surface area contributed by atoms with Gasteiger partial charge in [0.25, 0.3) is 0 Å². The number of nitrogens with zero attached hydrogens (tertiary/aromatic N) is 2. The summed E-state index contributed by atoms with van der Waals surface area (Å²) in [7, 11) is 0. The topological polar surface area (TPSA) is 74.2 Å². The number of ether oxygens (including phenoxy) is 1. The molecule has 6 heteroatoms. The summed E-state index contributed by atoms with van der Waals surface area (Å²) in [5.74, 6) is 1.19. The quantitative estimate of drug-likeness (QED) is 0.936. The van der Waals surface area contributed by atoms with Crippen LogP contribution >= 0.6 is 11.6 Å². The molecule has 2 unspecified atom stereocenters. The minimum atomic E-state index is -0.398. The Morgan fingerprint density at radius 2 is 2.15 bits per heavy atom. The standard InChI is InChI=1S/C14H16ClN3O2/c1-14(8-19-7-11(14)16)13-17-12(18-20-13)6-9-2-4-10(15)5-3-9/h2-5,11H,6-8,16H2,1H3. The van der Waals surface area contributed by atoms with Crippen molar-refractivity contribution < 1.29 is 9.26 Å². The number of benzene rings is 1. The molecule has 2 heterocycles. The molecule has 106 valence electrons. The highest BCUT2D eigenvalue weighted by Crippen LogP contribution is 2.30. The van der Waals surface area contributed by atoms with Crippen molar-refractivity contribution in [2.75, 3.05) is 13.2 Å². The molecule has 1 aliphatic heterocycles. The van der Waals surface area contributed by atoms with Gasteiger partial charge in [0.15, 0.2) is 5.82 Å². The lowest BCUT2D eigenvalue weighted by atomic mass is 9.86. The summed E-state index contributed by atoms with van der Waals surface area (Å²) in [6.45, 7) is 3.02. The predicted molar refractivity (Wildman–Crippen MR) is 74.7 cm³/mol. The monoisotopic (exact) mass is 293 g/mol. The van der Waals surface area contributed by atoms with Crippen LogP contribution in [0.15, 0.2) is 28.8 Å². The van der Waals surface area contributed by atoms with E-state index in [9.17, 15) is 0 Å². The summed E-state index contributed by atoms with van der Waals surface area (Å²) in [6.07, 6.45) is 0.604. The van der Waals surface area contributed by atoms with Gasteiger partial charge in [-0.15, -0.1) is 0 Å². The van der Waals surface area contributed by atoms with Crippen molar-refractivity contribution in [2.45, 2.75) is 24.8 Å². The van der Waals surface area contributed by atoms with Crippen LogP contribution in [0.2, 0.25) is 5.02 Å². The maximum atomic E-state index is 6.06. The minimum Gasteiger partial charge on any atom is -0.379 e. The van der Waals surface area contributed by atoms with Crippen LogP contribution in [-0.2, 0) is 16.6 Å². The van der Waals surface area contributed by atoms with Crippen molar-refractivity contribution in [3.63, 3.8) is 0 Å². The number of hydrogen-bond acceptors (Lipinski definition) is 5. The smallest absolute Gasteiger partial charge is 0.236 e. The third-order valence-corrected chi connectivity index (χ3v) is 4.00. The highest BCUT2D eigenvalue weighted by atomic mass is 35.5. The summed E-state index contributed by atoms with van der Waals surface area (Å²) >= 11 is 5.86. The molecule has 0 aliphatic carbocycles. The molecule has 1 saturated heterocycles. The summed E-state index contributed by atoms with van der Waals surface area (Å²) < 4.78 is 10.8. The van der Waals surface area contributed by atoms with Crippen LogP contribution in [0.1, 0.15) is 24.2 Å². The van der Waals surface area contributed by atoms with E-state index in [1.165, 1.54) is 0 Å². The molecule has 2 atom stereocenters. The van der Waals surface area contributed by atoms with Gasteiger partial charge in [0, 0.05) is 17.5 Å². The Kier molecular flexibility index (Phi) is 3.50. The average molecular weight is 294 g/mol. The van der Waals surface area contributed by atoms with Crippen molar-refractivity contribution in [3.8, 4) is 0 Å². The maximum absolute atomic E-state index is 6.06. The molecule has 20 heavy (non-hydrogen) atoms. The van der Waals surface area contributed by atoms with Crippen molar-refractivity contribution in [3.05, 3.63) is 46.6 Å². The van der Waals surface area contributed by atoms with Gasteiger partial charge in [0.2, 0.25) is 5.89 Å². The van der Waals surface area contributed by atoms with Gasteiger partial charge in [-0.1, -0.05) is 28.9 Å². The Bertz CT molecular complexity index is 599. The fourth-order valence-electron chi connectivity index (χ4n) is 2.25. The van der Waals surface area contributed by atoms with Crippen molar-refractivity contribution >= 4 is 11.6 Å². The SMILES string of the molecule is CC1(c2nc(Cc3ccc(Cl)cc3)no2)COCC1N. The first-order valence-corrected chi connectivity index (χ1v) is 6.86. The molecule has 0 spiro atoms. The van der Waals surface area contributed by atoms with Crippen LogP contribution in [0.5, 0.6) is 0 Å². The van der Waals surface area contributed by atoms with Gasteiger partial charge >= 0.3 is 0 Å². The number of hydrogen-bond donors (Lipinski definition) is 1. The average Bonchev–Trinajstić information content (AvgIpc) is 3.02. The Morgan fingerprint density at radius 1 is 1.40 bits per heavy atom. The number of halogens is 1. The molecular weight excluding hydrogens is 278 g/mol. The molecule has 1 aliphatic rings. The van der Waals surface area contributed by atoms with Crippen LogP contribution in [0.25, 0.3) is 0 Å². The molecule has 5 nitrogen and oxygen atoms in total. The van der Waals surface area contributed by atoms with Gasteiger partial charge in [-0.05, 0) is 24.6 Å². The zero-order valence-electron chi connectivity index (χ0n) is 11.2. The maximum Gasteiger partial charge on any atom is 0.236 e. The van der Waals surface area contributed by atoms with E-state index >= 15 is 0 Å². The van der Waals surface area contributed by atoms with Gasteiger partial charge < -0.3 is 15.0 Å². The van der Waals surface area contributed by atoms with E-state index in [1.54, 1.807) is 0 Å². The van der Waals surface area contributed by atoms with Crippen molar-refractivity contribution in [1.29, 1.82) is 0 Å². The Hall–Kier alpha value is -1.43. The number of aromatic nitrogens is 2. The molecule has 1 fully saturated rings. The van der Waals surface area contributed by atoms with E-state index in [2.05, 4.69) is 10.1 Å². The predicted octanol–water partition coefficient (Wildman–Crippen LogP) is 1.93. The molecule has 0 bridgehead atoms.